The Morgan fingerprint density at radius 3 is 2.46 bits per heavy atom. The molecule has 26 heavy (non-hydrogen) atoms. The van der Waals surface area contributed by atoms with Crippen molar-refractivity contribution < 1.29 is 9.22 Å². The number of aromatic nitrogens is 2. The van der Waals surface area contributed by atoms with Gasteiger partial charge in [-0.3, -0.25) is 0 Å². The molecule has 0 atom stereocenters. The second-order valence-electron chi connectivity index (χ2n) is 6.98. The van der Waals surface area contributed by atoms with Crippen molar-refractivity contribution >= 4 is 28.9 Å². The minimum absolute atomic E-state index is 0.142. The number of fused-ring (bicyclic) bond motifs is 2. The van der Waals surface area contributed by atoms with Crippen LogP contribution >= 0.6 is 0 Å². The van der Waals surface area contributed by atoms with E-state index in [4.69, 9.17) is 4.65 Å². The van der Waals surface area contributed by atoms with Gasteiger partial charge in [-0.15, -0.1) is 0 Å². The summed E-state index contributed by atoms with van der Waals surface area (Å²) in [4.78, 5) is 0. The molecule has 1 aromatic heterocycles. The highest BCUT2D eigenvalue weighted by molar-refractivity contribution is 6.82. The predicted molar refractivity (Wildman–Crippen MR) is 105 cm³/mol. The highest BCUT2D eigenvalue weighted by Crippen LogP contribution is 2.29. The molecule has 0 fully saturated rings. The highest BCUT2D eigenvalue weighted by atomic mass is 16.4. The standard InChI is InChI=1S/C22H19BN2O/c1-15-8-6-9-16(2)21(15)23-17-10-4-5-11-18(17)25-14-24(3)19-12-7-13-20(26-23)22(19)25/h4-13H,1-3H3. The summed E-state index contributed by atoms with van der Waals surface area (Å²) in [5.41, 5.74) is 8.20. The molecule has 2 heterocycles. The van der Waals surface area contributed by atoms with Gasteiger partial charge in [0.25, 0.3) is 0 Å². The van der Waals surface area contributed by atoms with E-state index in [1.165, 1.54) is 16.6 Å². The molecule has 3 nitrogen and oxygen atoms in total. The zero-order valence-electron chi connectivity index (χ0n) is 15.2. The van der Waals surface area contributed by atoms with E-state index in [9.17, 15) is 0 Å². The number of aryl methyl sites for hydroxylation is 3. The van der Waals surface area contributed by atoms with Crippen molar-refractivity contribution in [3.8, 4) is 11.4 Å². The zero-order valence-corrected chi connectivity index (χ0v) is 15.2. The molecule has 0 radical (unpaired) electrons. The predicted octanol–water partition coefficient (Wildman–Crippen LogP) is 2.37. The van der Waals surface area contributed by atoms with Crippen molar-refractivity contribution in [1.29, 1.82) is 0 Å². The van der Waals surface area contributed by atoms with Crippen molar-refractivity contribution in [2.75, 3.05) is 0 Å². The van der Waals surface area contributed by atoms with Gasteiger partial charge in [-0.25, -0.2) is 0 Å². The Labute approximate surface area is 153 Å². The van der Waals surface area contributed by atoms with Gasteiger partial charge in [0.1, 0.15) is 0 Å². The fourth-order valence-corrected chi connectivity index (χ4v) is 4.09. The topological polar surface area (TPSA) is 18.0 Å². The minimum Gasteiger partial charge on any atom is -0.556 e. The Morgan fingerprint density at radius 2 is 1.65 bits per heavy atom. The number of imidazole rings is 1. The van der Waals surface area contributed by atoms with Crippen LogP contribution in [0.4, 0.5) is 0 Å². The molecule has 0 N–H and O–H groups in total. The molecule has 4 heteroatoms. The van der Waals surface area contributed by atoms with Gasteiger partial charge in [0.15, 0.2) is 0 Å². The maximum absolute atomic E-state index is 6.66. The van der Waals surface area contributed by atoms with E-state index in [0.717, 1.165) is 27.9 Å². The van der Waals surface area contributed by atoms with Crippen LogP contribution in [-0.2, 0) is 7.05 Å². The molecule has 0 amide bonds. The van der Waals surface area contributed by atoms with Crippen LogP contribution in [0, 0.1) is 20.2 Å². The van der Waals surface area contributed by atoms with Crippen molar-refractivity contribution in [2.45, 2.75) is 13.8 Å². The molecule has 4 aromatic rings. The Balaban J connectivity index is 1.87. The van der Waals surface area contributed by atoms with Crippen LogP contribution in [0.3, 0.4) is 0 Å². The third-order valence-electron chi connectivity index (χ3n) is 5.32. The van der Waals surface area contributed by atoms with Gasteiger partial charge in [-0.05, 0) is 30.8 Å². The Morgan fingerprint density at radius 1 is 0.923 bits per heavy atom. The first-order chi connectivity index (χ1) is 12.6. The quantitative estimate of drug-likeness (QED) is 0.296. The van der Waals surface area contributed by atoms with Crippen molar-refractivity contribution in [2.24, 2.45) is 7.05 Å². The summed E-state index contributed by atoms with van der Waals surface area (Å²) < 4.78 is 10.8. The Hall–Kier alpha value is -3.01. The zero-order chi connectivity index (χ0) is 17.8. The van der Waals surface area contributed by atoms with E-state index >= 15 is 0 Å². The summed E-state index contributed by atoms with van der Waals surface area (Å²) in [6.07, 6.45) is 3.45. The number of benzene rings is 3. The molecule has 1 aliphatic rings. The maximum Gasteiger partial charge on any atom is 0.421 e. The van der Waals surface area contributed by atoms with Crippen molar-refractivity contribution in [3.05, 3.63) is 78.1 Å². The van der Waals surface area contributed by atoms with Crippen LogP contribution in [0.15, 0.2) is 60.7 Å². The summed E-state index contributed by atoms with van der Waals surface area (Å²) in [6, 6.07) is 21.1. The fourth-order valence-electron chi connectivity index (χ4n) is 4.09. The Bertz CT molecular complexity index is 1140. The fraction of sp³-hybridized carbons (Fsp3) is 0.136. The van der Waals surface area contributed by atoms with Gasteiger partial charge in [0.05, 0.1) is 23.8 Å². The molecular weight excluding hydrogens is 319 g/mol. The van der Waals surface area contributed by atoms with Gasteiger partial charge in [0.2, 0.25) is 6.33 Å². The maximum atomic E-state index is 6.66. The molecular formula is C22H19BN2O. The van der Waals surface area contributed by atoms with Crippen molar-refractivity contribution in [3.63, 3.8) is 0 Å². The number of para-hydroxylation sites is 2. The van der Waals surface area contributed by atoms with Crippen LogP contribution in [0.1, 0.15) is 11.1 Å². The van der Waals surface area contributed by atoms with E-state index in [1.54, 1.807) is 0 Å². The second-order valence-corrected chi connectivity index (χ2v) is 6.98. The second kappa shape index (κ2) is 5.50. The van der Waals surface area contributed by atoms with Crippen LogP contribution < -0.4 is 20.1 Å². The third kappa shape index (κ3) is 2.05. The van der Waals surface area contributed by atoms with E-state index in [0.29, 0.717) is 0 Å². The first kappa shape index (κ1) is 15.3. The van der Waals surface area contributed by atoms with Gasteiger partial charge in [0, 0.05) is 5.69 Å². The number of hydrogen-bond donors (Lipinski definition) is 0. The highest BCUT2D eigenvalue weighted by Gasteiger charge is 2.32. The molecule has 0 saturated heterocycles. The van der Waals surface area contributed by atoms with Gasteiger partial charge in [-0.2, -0.15) is 0 Å². The van der Waals surface area contributed by atoms with E-state index < -0.39 is 0 Å². The first-order valence-corrected chi connectivity index (χ1v) is 8.90. The molecule has 0 aliphatic carbocycles. The first-order valence-electron chi connectivity index (χ1n) is 8.90. The molecule has 0 spiro atoms. The van der Waals surface area contributed by atoms with Gasteiger partial charge >= 0.3 is 6.92 Å². The minimum atomic E-state index is -0.142. The molecule has 5 rings (SSSR count). The number of hydrogen-bond acceptors (Lipinski definition) is 1. The molecule has 0 bridgehead atoms. The van der Waals surface area contributed by atoms with Crippen LogP contribution in [0.2, 0.25) is 0 Å². The SMILES string of the molecule is Cc1cccc(C)c1B1Oc2cccc3c2n([c-][n+]3C)-c2ccccc21. The average Bonchev–Trinajstić information content (AvgIpc) is 2.91. The lowest BCUT2D eigenvalue weighted by Crippen LogP contribution is -2.50. The molecule has 1 aliphatic heterocycles. The smallest absolute Gasteiger partial charge is 0.421 e. The molecule has 3 aromatic carbocycles. The normalized spacial score (nSPS) is 12.7. The van der Waals surface area contributed by atoms with Crippen molar-refractivity contribution in [1.82, 2.24) is 4.57 Å². The van der Waals surface area contributed by atoms with Gasteiger partial charge in [-0.1, -0.05) is 65.7 Å². The van der Waals surface area contributed by atoms with Crippen LogP contribution in [0.5, 0.6) is 5.75 Å². The largest absolute Gasteiger partial charge is 0.556 e. The molecule has 0 saturated carbocycles. The average molecular weight is 338 g/mol. The monoisotopic (exact) mass is 338 g/mol. The number of rotatable bonds is 1. The lowest BCUT2D eigenvalue weighted by Gasteiger charge is -2.20. The lowest BCUT2D eigenvalue weighted by atomic mass is 9.52. The summed E-state index contributed by atoms with van der Waals surface area (Å²) >= 11 is 0. The molecule has 0 unspecified atom stereocenters. The van der Waals surface area contributed by atoms with E-state index in [2.05, 4.69) is 79.3 Å². The lowest BCUT2D eigenvalue weighted by molar-refractivity contribution is -0.649. The van der Waals surface area contributed by atoms with Crippen LogP contribution in [-0.4, -0.2) is 11.5 Å². The van der Waals surface area contributed by atoms with E-state index in [1.807, 2.05) is 17.7 Å². The summed E-state index contributed by atoms with van der Waals surface area (Å²) in [6.45, 7) is 4.18. The van der Waals surface area contributed by atoms with Crippen LogP contribution in [0.25, 0.3) is 16.7 Å². The van der Waals surface area contributed by atoms with Gasteiger partial charge < -0.3 is 13.8 Å². The third-order valence-corrected chi connectivity index (χ3v) is 5.32. The summed E-state index contributed by atoms with van der Waals surface area (Å²) in [5, 5.41) is 0. The molecule has 126 valence electrons. The Kier molecular flexibility index (Phi) is 3.23. The van der Waals surface area contributed by atoms with E-state index in [-0.39, 0.29) is 6.92 Å². The number of nitrogens with zero attached hydrogens (tertiary/aromatic N) is 2. The summed E-state index contributed by atoms with van der Waals surface area (Å²) in [7, 11) is 2.02. The summed E-state index contributed by atoms with van der Waals surface area (Å²) in [5.74, 6) is 0.892.